The molecule has 0 amide bonds. The average Bonchev–Trinajstić information content (AvgIpc) is 2.67. The van der Waals surface area contributed by atoms with Crippen molar-refractivity contribution in [3.8, 4) is 0 Å². The second-order valence-corrected chi connectivity index (χ2v) is 6.49. The number of thioether (sulfide) groups is 1. The zero-order chi connectivity index (χ0) is 15.0. The Balaban J connectivity index is 2.21. The van der Waals surface area contributed by atoms with E-state index in [1.54, 1.807) is 11.8 Å². The van der Waals surface area contributed by atoms with E-state index < -0.39 is 11.7 Å². The number of ether oxygens (including phenoxy) is 3. The van der Waals surface area contributed by atoms with Crippen LogP contribution in [0.2, 0.25) is 0 Å². The predicted octanol–water partition coefficient (Wildman–Crippen LogP) is 2.38. The predicted molar refractivity (Wildman–Crippen MR) is 77.4 cm³/mol. The van der Waals surface area contributed by atoms with Gasteiger partial charge in [0, 0.05) is 0 Å². The summed E-state index contributed by atoms with van der Waals surface area (Å²) in [6.45, 7) is 6.25. The second-order valence-electron chi connectivity index (χ2n) is 5.34. The Hall–Kier alpha value is -0.750. The molecule has 0 aromatic rings. The maximum atomic E-state index is 11.7. The standard InChI is InChI=1S/C14H24O5S/c1-4-14(2,3)13(16)18-8-6-11(15)19-12-10-20-9-5-7-17-12/h12H,4-10H2,1-3H3. The SMILES string of the molecule is CCC(C)(C)C(=O)OCCC(=O)OC1CSCCCO1. The Morgan fingerprint density at radius 3 is 2.85 bits per heavy atom. The van der Waals surface area contributed by atoms with Crippen LogP contribution in [0.1, 0.15) is 40.0 Å². The number of esters is 2. The summed E-state index contributed by atoms with van der Waals surface area (Å²) in [5, 5.41) is 0. The summed E-state index contributed by atoms with van der Waals surface area (Å²) in [6.07, 6.45) is 1.26. The number of carbonyl (C=O) groups is 2. The minimum absolute atomic E-state index is 0.0565. The zero-order valence-corrected chi connectivity index (χ0v) is 13.3. The summed E-state index contributed by atoms with van der Waals surface area (Å²) in [5.74, 6) is 1.01. The van der Waals surface area contributed by atoms with E-state index in [-0.39, 0.29) is 25.0 Å². The van der Waals surface area contributed by atoms with Crippen molar-refractivity contribution in [1.82, 2.24) is 0 Å². The van der Waals surface area contributed by atoms with Gasteiger partial charge in [0.25, 0.3) is 0 Å². The highest BCUT2D eigenvalue weighted by Crippen LogP contribution is 2.21. The summed E-state index contributed by atoms with van der Waals surface area (Å²) < 4.78 is 15.7. The first-order valence-corrected chi connectivity index (χ1v) is 8.17. The van der Waals surface area contributed by atoms with Gasteiger partial charge in [0.05, 0.1) is 24.2 Å². The van der Waals surface area contributed by atoms with Gasteiger partial charge in [-0.1, -0.05) is 6.92 Å². The summed E-state index contributed by atoms with van der Waals surface area (Å²) in [7, 11) is 0. The molecule has 0 N–H and O–H groups in total. The largest absolute Gasteiger partial charge is 0.465 e. The highest BCUT2D eigenvalue weighted by molar-refractivity contribution is 7.99. The van der Waals surface area contributed by atoms with Crippen LogP contribution in [0.15, 0.2) is 0 Å². The van der Waals surface area contributed by atoms with Gasteiger partial charge in [-0.15, -0.1) is 0 Å². The van der Waals surface area contributed by atoms with Crippen molar-refractivity contribution < 1.29 is 23.8 Å². The maximum Gasteiger partial charge on any atom is 0.311 e. The fourth-order valence-corrected chi connectivity index (χ4v) is 2.29. The molecule has 1 fully saturated rings. The van der Waals surface area contributed by atoms with Gasteiger partial charge >= 0.3 is 11.9 Å². The molecule has 0 aliphatic carbocycles. The monoisotopic (exact) mass is 304 g/mol. The quantitative estimate of drug-likeness (QED) is 0.702. The molecule has 6 heteroatoms. The second kappa shape index (κ2) is 8.52. The van der Waals surface area contributed by atoms with Crippen LogP contribution in [-0.4, -0.2) is 42.9 Å². The van der Waals surface area contributed by atoms with Crippen LogP contribution in [0.5, 0.6) is 0 Å². The highest BCUT2D eigenvalue weighted by Gasteiger charge is 2.27. The molecule has 1 unspecified atom stereocenters. The molecule has 1 aliphatic heterocycles. The summed E-state index contributed by atoms with van der Waals surface area (Å²) in [4.78, 5) is 23.3. The van der Waals surface area contributed by atoms with Gasteiger partial charge in [0.2, 0.25) is 6.29 Å². The Kier molecular flexibility index (Phi) is 7.37. The minimum Gasteiger partial charge on any atom is -0.465 e. The number of carbonyl (C=O) groups excluding carboxylic acids is 2. The number of hydrogen-bond donors (Lipinski definition) is 0. The van der Waals surface area contributed by atoms with E-state index in [9.17, 15) is 9.59 Å². The van der Waals surface area contributed by atoms with Crippen molar-refractivity contribution in [1.29, 1.82) is 0 Å². The lowest BCUT2D eigenvalue weighted by Crippen LogP contribution is -2.28. The van der Waals surface area contributed by atoms with Crippen molar-refractivity contribution in [2.75, 3.05) is 24.7 Å². The van der Waals surface area contributed by atoms with Crippen molar-refractivity contribution in [2.24, 2.45) is 5.41 Å². The van der Waals surface area contributed by atoms with Crippen LogP contribution in [0.25, 0.3) is 0 Å². The Morgan fingerprint density at radius 2 is 2.15 bits per heavy atom. The third kappa shape index (κ3) is 6.13. The smallest absolute Gasteiger partial charge is 0.311 e. The van der Waals surface area contributed by atoms with Gasteiger partial charge < -0.3 is 14.2 Å². The Labute approximate surface area is 124 Å². The van der Waals surface area contributed by atoms with E-state index in [1.807, 2.05) is 20.8 Å². The molecule has 0 radical (unpaired) electrons. The van der Waals surface area contributed by atoms with Crippen molar-refractivity contribution in [3.05, 3.63) is 0 Å². The van der Waals surface area contributed by atoms with E-state index in [0.29, 0.717) is 18.8 Å². The highest BCUT2D eigenvalue weighted by atomic mass is 32.2. The Bertz CT molecular complexity index is 322. The molecule has 1 heterocycles. The normalized spacial score (nSPS) is 20.1. The molecule has 1 rings (SSSR count). The molecule has 1 aliphatic rings. The van der Waals surface area contributed by atoms with Gasteiger partial charge in [0.15, 0.2) is 0 Å². The zero-order valence-electron chi connectivity index (χ0n) is 12.5. The molecule has 20 heavy (non-hydrogen) atoms. The van der Waals surface area contributed by atoms with Crippen LogP contribution in [0.4, 0.5) is 0 Å². The van der Waals surface area contributed by atoms with Crippen molar-refractivity contribution in [2.45, 2.75) is 46.3 Å². The lowest BCUT2D eigenvalue weighted by atomic mass is 9.91. The number of rotatable bonds is 6. The van der Waals surface area contributed by atoms with Gasteiger partial charge in [-0.05, 0) is 32.4 Å². The molecule has 1 saturated heterocycles. The molecule has 0 saturated carbocycles. The van der Waals surface area contributed by atoms with Gasteiger partial charge in [-0.3, -0.25) is 9.59 Å². The van der Waals surface area contributed by atoms with Crippen LogP contribution in [0, 0.1) is 5.41 Å². The van der Waals surface area contributed by atoms with Crippen LogP contribution >= 0.6 is 11.8 Å². The van der Waals surface area contributed by atoms with Crippen LogP contribution < -0.4 is 0 Å². The number of hydrogen-bond acceptors (Lipinski definition) is 6. The summed E-state index contributed by atoms with van der Waals surface area (Å²) >= 11 is 1.71. The average molecular weight is 304 g/mol. The topological polar surface area (TPSA) is 61.8 Å². The van der Waals surface area contributed by atoms with Crippen molar-refractivity contribution >= 4 is 23.7 Å². The minimum atomic E-state index is -0.509. The van der Waals surface area contributed by atoms with Crippen LogP contribution in [-0.2, 0) is 23.8 Å². The molecule has 0 aromatic heterocycles. The first-order valence-electron chi connectivity index (χ1n) is 7.02. The molecule has 0 aromatic carbocycles. The summed E-state index contributed by atoms with van der Waals surface area (Å²) in [6, 6.07) is 0. The van der Waals surface area contributed by atoms with Crippen molar-refractivity contribution in [3.63, 3.8) is 0 Å². The van der Waals surface area contributed by atoms with E-state index in [4.69, 9.17) is 14.2 Å². The van der Waals surface area contributed by atoms with Gasteiger partial charge in [0.1, 0.15) is 6.61 Å². The van der Waals surface area contributed by atoms with Crippen LogP contribution in [0.3, 0.4) is 0 Å². The molecular weight excluding hydrogens is 280 g/mol. The van der Waals surface area contributed by atoms with E-state index in [0.717, 1.165) is 12.2 Å². The molecule has 1 atom stereocenters. The Morgan fingerprint density at radius 1 is 1.40 bits per heavy atom. The molecule has 0 spiro atoms. The van der Waals surface area contributed by atoms with E-state index >= 15 is 0 Å². The fourth-order valence-electron chi connectivity index (χ4n) is 1.44. The van der Waals surface area contributed by atoms with Gasteiger partial charge in [-0.2, -0.15) is 11.8 Å². The third-order valence-corrected chi connectivity index (χ3v) is 4.31. The van der Waals surface area contributed by atoms with E-state index in [2.05, 4.69) is 0 Å². The fraction of sp³-hybridized carbons (Fsp3) is 0.857. The van der Waals surface area contributed by atoms with E-state index in [1.165, 1.54) is 0 Å². The molecule has 0 bridgehead atoms. The molecule has 5 nitrogen and oxygen atoms in total. The lowest BCUT2D eigenvalue weighted by Gasteiger charge is -2.20. The lowest BCUT2D eigenvalue weighted by molar-refractivity contribution is -0.175. The molecular formula is C14H24O5S. The van der Waals surface area contributed by atoms with Gasteiger partial charge in [-0.25, -0.2) is 0 Å². The summed E-state index contributed by atoms with van der Waals surface area (Å²) in [5.41, 5.74) is -0.509. The maximum absolute atomic E-state index is 11.7. The first kappa shape index (κ1) is 17.3. The first-order chi connectivity index (χ1) is 9.45. The molecule has 116 valence electrons. The third-order valence-electron chi connectivity index (χ3n) is 3.23.